The minimum atomic E-state index is -5.39. The average Bonchev–Trinajstić information content (AvgIpc) is 0.831. The number of unbranched alkanes of at least 4 members (excludes halogenated alkanes) is 21. The van der Waals surface area contributed by atoms with E-state index in [0.29, 0.717) is 0 Å². The Bertz CT molecular complexity index is 1600. The third kappa shape index (κ3) is 80.5. The van der Waals surface area contributed by atoms with Gasteiger partial charge in [-0.3, -0.25) is 0 Å². The van der Waals surface area contributed by atoms with E-state index in [2.05, 4.69) is 187 Å². The molecule has 14 nitrogen and oxygen atoms in total. The number of quaternary nitrogens is 6. The zero-order valence-corrected chi connectivity index (χ0v) is 88.3. The molecule has 0 bridgehead atoms. The van der Waals surface area contributed by atoms with Crippen molar-refractivity contribution in [2.24, 2.45) is 0 Å². The lowest BCUT2D eigenvalue weighted by Crippen LogP contribution is -2.57. The Morgan fingerprint density at radius 1 is 0.161 bits per heavy atom. The molecule has 724 valence electrons. The van der Waals surface area contributed by atoms with Crippen LogP contribution in [-0.2, 0) is 9.13 Å². The van der Waals surface area contributed by atoms with Crippen molar-refractivity contribution >= 4 is 15.6 Å². The SMILES string of the molecule is CCCC[N+](CCCC)(CCCC)C(CC)CCC.CCCC[N+](CCCC)(CCCC)C(CC)CCC.CCCC[N+](CCCC)(CCCC)C(CC)CCC.CCCC[N+](CCCC)(CCCC)CCCC.CCCC[N+](CCCC)(CCCC)CCCC.CCCC[N+](CCCC)(CCCC)CCCC.O=P([O-])([O-])[O-].O=P([O-])([O-])[O-]. The predicted octanol–water partition coefficient (Wildman–Crippen LogP) is 26.7. The van der Waals surface area contributed by atoms with Crippen LogP contribution in [0.4, 0.5) is 0 Å². The van der Waals surface area contributed by atoms with Crippen molar-refractivity contribution in [2.45, 2.75) is 533 Å². The van der Waals surface area contributed by atoms with Crippen LogP contribution in [0.25, 0.3) is 0 Å². The summed E-state index contributed by atoms with van der Waals surface area (Å²) in [5, 5.41) is 0. The summed E-state index contributed by atoms with van der Waals surface area (Å²) in [6.07, 6.45) is 70.4. The van der Waals surface area contributed by atoms with Gasteiger partial charge in [-0.1, -0.05) is 341 Å². The van der Waals surface area contributed by atoms with Gasteiger partial charge in [0.15, 0.2) is 0 Å². The molecule has 0 heterocycles. The molecule has 0 radical (unpaired) electrons. The molecule has 0 aliphatic heterocycles. The van der Waals surface area contributed by atoms with Crippen LogP contribution in [0.15, 0.2) is 0 Å². The maximum atomic E-state index is 8.55. The quantitative estimate of drug-likeness (QED) is 0.0427. The highest BCUT2D eigenvalue weighted by Gasteiger charge is 2.37. The first-order chi connectivity index (χ1) is 56.3. The van der Waals surface area contributed by atoms with Crippen LogP contribution >= 0.6 is 15.6 Å². The van der Waals surface area contributed by atoms with Gasteiger partial charge in [0.2, 0.25) is 0 Å². The largest absolute Gasteiger partial charge is 0.822 e. The monoisotopic (exact) mass is 1730 g/mol. The molecule has 3 atom stereocenters. The standard InChI is InChI=1S/3C18H40N.3C16H36N.2H3O4P/c3*1-6-11-15-19(16-12-7-2,17-13-8-3)18(10-5)14-9-4;3*1-5-9-13-17(14-10-6-2,15-11-7-3)16-12-8-4;2*1-5(2,3)4/h3*18H,6-17H2,1-5H3;3*5-16H2,1-4H3;2*(H3,1,2,3,4)/q6*+1;;/p-6. The van der Waals surface area contributed by atoms with Crippen LogP contribution < -0.4 is 29.4 Å². The minimum absolute atomic E-state index is 0.912. The molecule has 0 rings (SSSR count). The second-order valence-electron chi connectivity index (χ2n) is 36.7. The molecule has 3 unspecified atom stereocenters. The molecule has 0 saturated carbocycles. The smallest absolute Gasteiger partial charge is 0.0887 e. The van der Waals surface area contributed by atoms with Gasteiger partial charge in [0.25, 0.3) is 0 Å². The summed E-state index contributed by atoms with van der Waals surface area (Å²) in [6.45, 7) is 93.3. The molecular weight excluding hydrogens is 1500 g/mol. The molecule has 0 saturated heterocycles. The second-order valence-corrected chi connectivity index (χ2v) is 38.5. The first-order valence-corrected chi connectivity index (χ1v) is 55.8. The maximum absolute atomic E-state index is 8.55. The Morgan fingerprint density at radius 2 is 0.246 bits per heavy atom. The first-order valence-electron chi connectivity index (χ1n) is 52.9. The number of rotatable bonds is 75. The highest BCUT2D eigenvalue weighted by molar-refractivity contribution is 7.40. The van der Waals surface area contributed by atoms with E-state index in [1.165, 1.54) is 492 Å². The van der Waals surface area contributed by atoms with Crippen LogP contribution in [0, 0.1) is 0 Å². The molecule has 0 aromatic rings. The van der Waals surface area contributed by atoms with Gasteiger partial charge >= 0.3 is 0 Å². The van der Waals surface area contributed by atoms with Crippen LogP contribution in [0.3, 0.4) is 0 Å². The fourth-order valence-corrected chi connectivity index (χ4v) is 18.4. The molecule has 0 fully saturated rings. The molecule has 0 aliphatic carbocycles. The third-order valence-corrected chi connectivity index (χ3v) is 26.0. The van der Waals surface area contributed by atoms with Gasteiger partial charge in [-0.25, -0.2) is 0 Å². The zero-order chi connectivity index (χ0) is 91.6. The summed E-state index contributed by atoms with van der Waals surface area (Å²) in [7, 11) is -10.8. The van der Waals surface area contributed by atoms with E-state index in [1.54, 1.807) is 0 Å². The number of phosphoric acid groups is 2. The lowest BCUT2D eigenvalue weighted by Gasteiger charge is -2.45. The molecule has 0 spiro atoms. The van der Waals surface area contributed by atoms with Crippen molar-refractivity contribution in [1.82, 2.24) is 0 Å². The van der Waals surface area contributed by atoms with Gasteiger partial charge in [0.05, 0.1) is 156 Å². The Morgan fingerprint density at radius 3 is 0.314 bits per heavy atom. The summed E-state index contributed by atoms with van der Waals surface area (Å²) in [5.74, 6) is 0. The summed E-state index contributed by atoms with van der Waals surface area (Å²) >= 11 is 0. The molecule has 0 aliphatic rings. The van der Waals surface area contributed by atoms with Crippen molar-refractivity contribution < 1.29 is 65.4 Å². The van der Waals surface area contributed by atoms with E-state index < -0.39 is 15.6 Å². The fraction of sp³-hybridized carbons (Fsp3) is 1.00. The molecule has 0 aromatic heterocycles. The summed E-state index contributed by atoms with van der Waals surface area (Å²) in [6, 6.07) is 2.74. The van der Waals surface area contributed by atoms with Crippen LogP contribution in [0.2, 0.25) is 0 Å². The molecule has 118 heavy (non-hydrogen) atoms. The van der Waals surface area contributed by atoms with E-state index in [-0.39, 0.29) is 0 Å². The summed E-state index contributed by atoms with van der Waals surface area (Å²) < 4.78 is 25.6. The van der Waals surface area contributed by atoms with Gasteiger partial charge < -0.3 is 65.4 Å². The van der Waals surface area contributed by atoms with Gasteiger partial charge in [-0.15, -0.1) is 0 Å². The third-order valence-electron chi connectivity index (χ3n) is 26.0. The van der Waals surface area contributed by atoms with Crippen molar-refractivity contribution in [3.8, 4) is 0 Å². The van der Waals surface area contributed by atoms with Gasteiger partial charge in [0.1, 0.15) is 0 Å². The van der Waals surface area contributed by atoms with Crippen molar-refractivity contribution in [3.63, 3.8) is 0 Å². The van der Waals surface area contributed by atoms with Crippen LogP contribution in [0.1, 0.15) is 514 Å². The Balaban J connectivity index is -0.000000200. The molecular formula is C102H228N6O8P2. The fourth-order valence-electron chi connectivity index (χ4n) is 18.4. The minimum Gasteiger partial charge on any atom is -0.822 e. The van der Waals surface area contributed by atoms with E-state index in [4.69, 9.17) is 38.5 Å². The second kappa shape index (κ2) is 94.6. The highest BCUT2D eigenvalue weighted by Crippen LogP contribution is 2.30. The van der Waals surface area contributed by atoms with Crippen LogP contribution in [0.5, 0.6) is 0 Å². The maximum Gasteiger partial charge on any atom is 0.0887 e. The van der Waals surface area contributed by atoms with Crippen molar-refractivity contribution in [1.29, 1.82) is 0 Å². The van der Waals surface area contributed by atoms with Crippen molar-refractivity contribution in [2.75, 3.05) is 137 Å². The zero-order valence-electron chi connectivity index (χ0n) is 86.5. The number of hydrogen-bond acceptors (Lipinski definition) is 8. The normalized spacial score (nSPS) is 12.8. The predicted molar refractivity (Wildman–Crippen MR) is 519 cm³/mol. The summed E-state index contributed by atoms with van der Waals surface area (Å²) in [4.78, 5) is 51.3. The molecule has 0 amide bonds. The van der Waals surface area contributed by atoms with E-state index >= 15 is 0 Å². The Hall–Kier alpha value is -0.0200. The van der Waals surface area contributed by atoms with Gasteiger partial charge in [-0.2, -0.15) is 15.6 Å². The van der Waals surface area contributed by atoms with E-state index in [1.807, 2.05) is 0 Å². The Labute approximate surface area is 746 Å². The molecule has 0 aromatic carbocycles. The van der Waals surface area contributed by atoms with E-state index in [9.17, 15) is 0 Å². The topological polar surface area (TPSA) is 172 Å². The Kier molecular flexibility index (Phi) is 107. The van der Waals surface area contributed by atoms with Gasteiger partial charge in [-0.05, 0) is 173 Å². The summed E-state index contributed by atoms with van der Waals surface area (Å²) in [5.41, 5.74) is 0. The van der Waals surface area contributed by atoms with Crippen LogP contribution in [-0.4, -0.2) is 182 Å². The highest BCUT2D eigenvalue weighted by atomic mass is 31.2. The molecule has 0 N–H and O–H groups in total. The first kappa shape index (κ1) is 133. The van der Waals surface area contributed by atoms with E-state index in [0.717, 1.165) is 18.1 Å². The average molecular weight is 1730 g/mol. The molecule has 16 heteroatoms. The van der Waals surface area contributed by atoms with Crippen molar-refractivity contribution in [3.05, 3.63) is 0 Å². The number of nitrogens with zero attached hydrogens (tertiary/aromatic N) is 6. The lowest BCUT2D eigenvalue weighted by molar-refractivity contribution is -0.952. The number of hydrogen-bond donors (Lipinski definition) is 0. The van der Waals surface area contributed by atoms with Gasteiger partial charge in [0, 0.05) is 0 Å². The lowest BCUT2D eigenvalue weighted by atomic mass is 10.0.